The van der Waals surface area contributed by atoms with E-state index >= 15 is 0 Å². The number of amides is 1. The second-order valence-corrected chi connectivity index (χ2v) is 5.96. The summed E-state index contributed by atoms with van der Waals surface area (Å²) in [6.07, 6.45) is -0.0635. The Morgan fingerprint density at radius 2 is 1.92 bits per heavy atom. The first-order valence-electron chi connectivity index (χ1n) is 7.00. The summed E-state index contributed by atoms with van der Waals surface area (Å²) in [5.41, 5.74) is 0.223. The highest BCUT2D eigenvalue weighted by Crippen LogP contribution is 2.22. The molecule has 0 fully saturated rings. The smallest absolute Gasteiger partial charge is 0.326 e. The van der Waals surface area contributed by atoms with E-state index in [4.69, 9.17) is 23.2 Å². The molecule has 0 aliphatic rings. The molecule has 2 aromatic carbocycles. The molecule has 0 spiro atoms. The van der Waals surface area contributed by atoms with Crippen molar-refractivity contribution in [2.75, 3.05) is 0 Å². The van der Waals surface area contributed by atoms with Gasteiger partial charge in [-0.1, -0.05) is 35.3 Å². The zero-order valence-electron chi connectivity index (χ0n) is 12.6. The molecule has 2 aromatic rings. The van der Waals surface area contributed by atoms with Crippen molar-refractivity contribution in [3.8, 4) is 0 Å². The highest BCUT2D eigenvalue weighted by molar-refractivity contribution is 6.35. The van der Waals surface area contributed by atoms with E-state index < -0.39 is 22.8 Å². The van der Waals surface area contributed by atoms with Crippen LogP contribution in [0.4, 0.5) is 5.69 Å². The molecule has 0 aliphatic carbocycles. The number of nitrogens with one attached hydrogen (secondary N) is 1. The summed E-state index contributed by atoms with van der Waals surface area (Å²) in [5.74, 6) is -1.99. The van der Waals surface area contributed by atoms with Crippen molar-refractivity contribution in [1.29, 1.82) is 0 Å². The van der Waals surface area contributed by atoms with E-state index in [1.165, 1.54) is 24.3 Å². The number of nitro groups is 1. The number of hydrogen-bond acceptors (Lipinski definition) is 4. The molecule has 0 aromatic heterocycles. The quantitative estimate of drug-likeness (QED) is 0.587. The van der Waals surface area contributed by atoms with Crippen LogP contribution in [0.25, 0.3) is 0 Å². The zero-order chi connectivity index (χ0) is 18.6. The Balaban J connectivity index is 2.18. The number of non-ortho nitro benzene ring substituents is 1. The topological polar surface area (TPSA) is 110 Å². The lowest BCUT2D eigenvalue weighted by Crippen LogP contribution is -2.42. The second-order valence-electron chi connectivity index (χ2n) is 5.11. The maximum atomic E-state index is 12.2. The number of rotatable bonds is 6. The third kappa shape index (κ3) is 4.91. The summed E-state index contributed by atoms with van der Waals surface area (Å²) in [7, 11) is 0. The van der Waals surface area contributed by atoms with E-state index in [1.807, 2.05) is 0 Å². The van der Waals surface area contributed by atoms with Crippen LogP contribution in [-0.4, -0.2) is 27.9 Å². The Morgan fingerprint density at radius 3 is 2.52 bits per heavy atom. The Bertz CT molecular complexity index is 841. The van der Waals surface area contributed by atoms with Crippen molar-refractivity contribution in [1.82, 2.24) is 5.32 Å². The predicted octanol–water partition coefficient (Wildman–Crippen LogP) is 3.33. The standard InChI is InChI=1S/C16H12Cl2N2O5/c17-11-5-4-9(13(18)8-11)7-14(16(22)23)19-15(21)10-2-1-3-12(6-10)20(24)25/h1-6,8,14H,7H2,(H,19,21)(H,22,23)/t14-/m0/s1. The number of nitro benzene ring substituents is 1. The molecule has 1 atom stereocenters. The highest BCUT2D eigenvalue weighted by Gasteiger charge is 2.23. The summed E-state index contributed by atoms with van der Waals surface area (Å²) in [6.45, 7) is 0. The Labute approximate surface area is 152 Å². The first-order valence-corrected chi connectivity index (χ1v) is 7.75. The average Bonchev–Trinajstić information content (AvgIpc) is 2.56. The Morgan fingerprint density at radius 1 is 1.20 bits per heavy atom. The summed E-state index contributed by atoms with van der Waals surface area (Å²) >= 11 is 11.8. The molecule has 7 nitrogen and oxygen atoms in total. The molecular weight excluding hydrogens is 371 g/mol. The minimum atomic E-state index is -1.26. The van der Waals surface area contributed by atoms with Gasteiger partial charge in [0.2, 0.25) is 0 Å². The van der Waals surface area contributed by atoms with Crippen molar-refractivity contribution >= 4 is 40.8 Å². The number of aliphatic carboxylic acids is 1. The monoisotopic (exact) mass is 382 g/mol. The third-order valence-corrected chi connectivity index (χ3v) is 3.95. The summed E-state index contributed by atoms with van der Waals surface area (Å²) in [5, 5.41) is 23.1. The fourth-order valence-electron chi connectivity index (χ4n) is 2.11. The molecule has 0 radical (unpaired) electrons. The van der Waals surface area contributed by atoms with E-state index in [2.05, 4.69) is 5.32 Å². The lowest BCUT2D eigenvalue weighted by Gasteiger charge is -2.15. The number of carboxylic acids is 1. The van der Waals surface area contributed by atoms with Crippen molar-refractivity contribution < 1.29 is 19.6 Å². The number of halogens is 2. The largest absolute Gasteiger partial charge is 0.480 e. The van der Waals surface area contributed by atoms with Crippen molar-refractivity contribution in [3.63, 3.8) is 0 Å². The van der Waals surface area contributed by atoms with Gasteiger partial charge in [-0.25, -0.2) is 4.79 Å². The van der Waals surface area contributed by atoms with Gasteiger partial charge in [0.05, 0.1) is 4.92 Å². The van der Waals surface area contributed by atoms with Gasteiger partial charge in [-0.3, -0.25) is 14.9 Å². The lowest BCUT2D eigenvalue weighted by molar-refractivity contribution is -0.384. The first-order chi connectivity index (χ1) is 11.8. The van der Waals surface area contributed by atoms with Gasteiger partial charge in [-0.15, -0.1) is 0 Å². The lowest BCUT2D eigenvalue weighted by atomic mass is 10.1. The molecule has 130 valence electrons. The van der Waals surface area contributed by atoms with Crippen molar-refractivity contribution in [2.45, 2.75) is 12.5 Å². The minimum Gasteiger partial charge on any atom is -0.480 e. The molecule has 0 heterocycles. The molecule has 0 aliphatic heterocycles. The normalized spacial score (nSPS) is 11.6. The SMILES string of the molecule is O=C(N[C@@H](Cc1ccc(Cl)cc1Cl)C(=O)O)c1cccc([N+](=O)[O-])c1. The molecule has 0 saturated carbocycles. The Kier molecular flexibility index (Phi) is 5.95. The summed E-state index contributed by atoms with van der Waals surface area (Å²) < 4.78 is 0. The van der Waals surface area contributed by atoms with Crippen LogP contribution in [0.5, 0.6) is 0 Å². The average molecular weight is 383 g/mol. The summed E-state index contributed by atoms with van der Waals surface area (Å²) in [6, 6.07) is 8.35. The van der Waals surface area contributed by atoms with Crippen LogP contribution in [0.2, 0.25) is 10.0 Å². The number of carbonyl (C=O) groups is 2. The van der Waals surface area contributed by atoms with E-state index in [1.54, 1.807) is 12.1 Å². The maximum Gasteiger partial charge on any atom is 0.326 e. The van der Waals surface area contributed by atoms with Crippen LogP contribution in [0, 0.1) is 10.1 Å². The van der Waals surface area contributed by atoms with E-state index in [-0.39, 0.29) is 22.7 Å². The fraction of sp³-hybridized carbons (Fsp3) is 0.125. The van der Waals surface area contributed by atoms with Crippen LogP contribution in [0.15, 0.2) is 42.5 Å². The number of nitrogens with zero attached hydrogens (tertiary/aromatic N) is 1. The van der Waals surface area contributed by atoms with Crippen LogP contribution in [0.3, 0.4) is 0 Å². The highest BCUT2D eigenvalue weighted by atomic mass is 35.5. The third-order valence-electron chi connectivity index (χ3n) is 3.36. The van der Waals surface area contributed by atoms with E-state index in [0.717, 1.165) is 6.07 Å². The van der Waals surface area contributed by atoms with Crippen molar-refractivity contribution in [3.05, 3.63) is 73.8 Å². The van der Waals surface area contributed by atoms with Crippen LogP contribution in [-0.2, 0) is 11.2 Å². The molecule has 0 bridgehead atoms. The fourth-order valence-corrected chi connectivity index (χ4v) is 2.60. The van der Waals surface area contributed by atoms with Gasteiger partial charge in [0.25, 0.3) is 11.6 Å². The second kappa shape index (κ2) is 7.96. The number of carboxylic acid groups (broad SMARTS) is 1. The molecule has 2 rings (SSSR count). The molecule has 2 N–H and O–H groups in total. The number of carbonyl (C=O) groups excluding carboxylic acids is 1. The minimum absolute atomic E-state index is 0.0114. The van der Waals surface area contributed by atoms with Gasteiger partial charge < -0.3 is 10.4 Å². The van der Waals surface area contributed by atoms with Gasteiger partial charge in [0.1, 0.15) is 6.04 Å². The van der Waals surface area contributed by atoms with Crippen molar-refractivity contribution in [2.24, 2.45) is 0 Å². The van der Waals surface area contributed by atoms with Gasteiger partial charge in [-0.2, -0.15) is 0 Å². The van der Waals surface area contributed by atoms with E-state index in [9.17, 15) is 24.8 Å². The molecule has 9 heteroatoms. The predicted molar refractivity (Wildman–Crippen MR) is 92.2 cm³/mol. The zero-order valence-corrected chi connectivity index (χ0v) is 14.1. The van der Waals surface area contributed by atoms with Gasteiger partial charge in [-0.05, 0) is 23.8 Å². The number of hydrogen-bond donors (Lipinski definition) is 2. The van der Waals surface area contributed by atoms with Gasteiger partial charge in [0.15, 0.2) is 0 Å². The van der Waals surface area contributed by atoms with Crippen LogP contribution >= 0.6 is 23.2 Å². The van der Waals surface area contributed by atoms with Gasteiger partial charge in [0, 0.05) is 34.2 Å². The summed E-state index contributed by atoms with van der Waals surface area (Å²) in [4.78, 5) is 33.8. The van der Waals surface area contributed by atoms with Gasteiger partial charge >= 0.3 is 5.97 Å². The van der Waals surface area contributed by atoms with E-state index in [0.29, 0.717) is 10.6 Å². The molecule has 1 amide bonds. The number of benzene rings is 2. The molecular formula is C16H12Cl2N2O5. The molecule has 0 unspecified atom stereocenters. The maximum absolute atomic E-state index is 12.2. The molecule has 0 saturated heterocycles. The van der Waals surface area contributed by atoms with Crippen LogP contribution < -0.4 is 5.32 Å². The Hall–Kier alpha value is -2.64. The molecule has 25 heavy (non-hydrogen) atoms. The first kappa shape index (κ1) is 18.7. The van der Waals surface area contributed by atoms with Crippen LogP contribution in [0.1, 0.15) is 15.9 Å².